The molecule has 2 nitrogen and oxygen atoms in total. The minimum Gasteiger partial charge on any atom is -0.324 e. The maximum absolute atomic E-state index is 6.24. The summed E-state index contributed by atoms with van der Waals surface area (Å²) in [5.41, 5.74) is 8.73. The van der Waals surface area contributed by atoms with E-state index in [1.807, 2.05) is 18.5 Å². The molecule has 2 aromatic rings. The molecule has 0 aliphatic carbocycles. The van der Waals surface area contributed by atoms with Crippen molar-refractivity contribution in [3.63, 3.8) is 0 Å². The maximum atomic E-state index is 6.24. The molecule has 0 fully saturated rings. The third kappa shape index (κ3) is 2.49. The van der Waals surface area contributed by atoms with Gasteiger partial charge in [-0.25, -0.2) is 0 Å². The Morgan fingerprint density at radius 1 is 1.44 bits per heavy atom. The fraction of sp³-hybridized carbons (Fsp3) is 0.308. The van der Waals surface area contributed by atoms with Crippen molar-refractivity contribution in [2.24, 2.45) is 5.73 Å². The van der Waals surface area contributed by atoms with E-state index < -0.39 is 0 Å². The van der Waals surface area contributed by atoms with Gasteiger partial charge in [-0.05, 0) is 35.1 Å². The Hall–Kier alpha value is -1.19. The zero-order valence-electron chi connectivity index (χ0n) is 9.39. The maximum Gasteiger partial charge on any atom is 0.0347 e. The molecule has 0 amide bonds. The van der Waals surface area contributed by atoms with Gasteiger partial charge in [0.15, 0.2) is 0 Å². The minimum atomic E-state index is 0.0802. The van der Waals surface area contributed by atoms with E-state index in [0.29, 0.717) is 0 Å². The van der Waals surface area contributed by atoms with Crippen molar-refractivity contribution in [3.05, 3.63) is 52.0 Å². The van der Waals surface area contributed by atoms with Gasteiger partial charge in [0, 0.05) is 29.7 Å². The molecule has 16 heavy (non-hydrogen) atoms. The van der Waals surface area contributed by atoms with Gasteiger partial charge in [0.05, 0.1) is 0 Å². The highest BCUT2D eigenvalue weighted by atomic mass is 32.1. The largest absolute Gasteiger partial charge is 0.324 e. The third-order valence-electron chi connectivity index (χ3n) is 2.72. The van der Waals surface area contributed by atoms with Crippen LogP contribution in [0.4, 0.5) is 0 Å². The molecule has 0 aromatic carbocycles. The highest BCUT2D eigenvalue weighted by Crippen LogP contribution is 2.21. The molecule has 84 valence electrons. The van der Waals surface area contributed by atoms with Crippen LogP contribution in [0, 0.1) is 0 Å². The average molecular weight is 232 g/mol. The van der Waals surface area contributed by atoms with Crippen LogP contribution in [0.2, 0.25) is 0 Å². The van der Waals surface area contributed by atoms with E-state index in [9.17, 15) is 0 Å². The standard InChI is InChI=1S/C13H16N2S/c1-2-10-9-15-6-5-12(10)13(14)8-11-4-3-7-16-11/h3-7,9,13H,2,8,14H2,1H3. The first kappa shape index (κ1) is 11.3. The predicted molar refractivity (Wildman–Crippen MR) is 68.6 cm³/mol. The molecule has 1 unspecified atom stereocenters. The average Bonchev–Trinajstić information content (AvgIpc) is 2.81. The molecule has 2 N–H and O–H groups in total. The van der Waals surface area contributed by atoms with Crippen molar-refractivity contribution in [2.75, 3.05) is 0 Å². The first-order chi connectivity index (χ1) is 7.81. The van der Waals surface area contributed by atoms with Crippen LogP contribution in [-0.2, 0) is 12.8 Å². The van der Waals surface area contributed by atoms with Crippen molar-refractivity contribution in [3.8, 4) is 0 Å². The summed E-state index contributed by atoms with van der Waals surface area (Å²) < 4.78 is 0. The lowest BCUT2D eigenvalue weighted by Gasteiger charge is -2.14. The van der Waals surface area contributed by atoms with E-state index in [0.717, 1.165) is 12.8 Å². The molecule has 0 saturated heterocycles. The first-order valence-corrected chi connectivity index (χ1v) is 6.40. The van der Waals surface area contributed by atoms with Crippen LogP contribution in [0.1, 0.15) is 29.0 Å². The van der Waals surface area contributed by atoms with Gasteiger partial charge in [-0.2, -0.15) is 0 Å². The van der Waals surface area contributed by atoms with Crippen LogP contribution in [0.15, 0.2) is 36.0 Å². The van der Waals surface area contributed by atoms with Crippen LogP contribution >= 0.6 is 11.3 Å². The van der Waals surface area contributed by atoms with Crippen LogP contribution < -0.4 is 5.73 Å². The van der Waals surface area contributed by atoms with Gasteiger partial charge < -0.3 is 5.73 Å². The topological polar surface area (TPSA) is 38.9 Å². The van der Waals surface area contributed by atoms with E-state index in [1.165, 1.54) is 16.0 Å². The quantitative estimate of drug-likeness (QED) is 0.880. The van der Waals surface area contributed by atoms with Crippen molar-refractivity contribution in [1.29, 1.82) is 0 Å². The lowest BCUT2D eigenvalue weighted by Crippen LogP contribution is -2.14. The molecule has 0 aliphatic rings. The Kier molecular flexibility index (Phi) is 3.70. The van der Waals surface area contributed by atoms with Gasteiger partial charge in [0.1, 0.15) is 0 Å². The monoisotopic (exact) mass is 232 g/mol. The zero-order chi connectivity index (χ0) is 11.4. The molecule has 2 heterocycles. The number of nitrogens with zero attached hydrogens (tertiary/aromatic N) is 1. The molecule has 1 atom stereocenters. The summed E-state index contributed by atoms with van der Waals surface area (Å²) in [4.78, 5) is 5.48. The molecular weight excluding hydrogens is 216 g/mol. The molecule has 2 rings (SSSR count). The second-order valence-corrected chi connectivity index (χ2v) is 4.85. The SMILES string of the molecule is CCc1cnccc1C(N)Cc1cccs1. The van der Waals surface area contributed by atoms with E-state index in [2.05, 4.69) is 29.4 Å². The van der Waals surface area contributed by atoms with Crippen LogP contribution in [0.3, 0.4) is 0 Å². The molecule has 0 aliphatic heterocycles. The van der Waals surface area contributed by atoms with Crippen LogP contribution in [0.25, 0.3) is 0 Å². The normalized spacial score (nSPS) is 12.6. The van der Waals surface area contributed by atoms with E-state index in [1.54, 1.807) is 11.3 Å². The number of hydrogen-bond acceptors (Lipinski definition) is 3. The molecule has 0 bridgehead atoms. The van der Waals surface area contributed by atoms with E-state index in [-0.39, 0.29) is 6.04 Å². The Bertz CT molecular complexity index is 437. The molecular formula is C13H16N2S. The zero-order valence-corrected chi connectivity index (χ0v) is 10.2. The van der Waals surface area contributed by atoms with E-state index >= 15 is 0 Å². The van der Waals surface area contributed by atoms with Crippen molar-refractivity contribution < 1.29 is 0 Å². The Morgan fingerprint density at radius 2 is 2.31 bits per heavy atom. The van der Waals surface area contributed by atoms with Gasteiger partial charge >= 0.3 is 0 Å². The molecule has 2 aromatic heterocycles. The van der Waals surface area contributed by atoms with Gasteiger partial charge in [0.25, 0.3) is 0 Å². The smallest absolute Gasteiger partial charge is 0.0347 e. The summed E-state index contributed by atoms with van der Waals surface area (Å²) in [7, 11) is 0. The number of nitrogens with two attached hydrogens (primary N) is 1. The van der Waals surface area contributed by atoms with Gasteiger partial charge in [0.2, 0.25) is 0 Å². The highest BCUT2D eigenvalue weighted by Gasteiger charge is 2.11. The fourth-order valence-electron chi connectivity index (χ4n) is 1.85. The van der Waals surface area contributed by atoms with Crippen molar-refractivity contribution in [2.45, 2.75) is 25.8 Å². The second-order valence-electron chi connectivity index (χ2n) is 3.82. The number of hydrogen-bond donors (Lipinski definition) is 1. The molecule has 0 spiro atoms. The summed E-state index contributed by atoms with van der Waals surface area (Å²) in [5.74, 6) is 0. The summed E-state index contributed by atoms with van der Waals surface area (Å²) in [5, 5.41) is 2.09. The fourth-order valence-corrected chi connectivity index (χ4v) is 2.62. The molecule has 0 radical (unpaired) electrons. The Morgan fingerprint density at radius 3 is 3.00 bits per heavy atom. The summed E-state index contributed by atoms with van der Waals surface area (Å²) in [6.07, 6.45) is 5.64. The summed E-state index contributed by atoms with van der Waals surface area (Å²) in [6, 6.07) is 6.32. The summed E-state index contributed by atoms with van der Waals surface area (Å²) >= 11 is 1.76. The van der Waals surface area contributed by atoms with Crippen molar-refractivity contribution in [1.82, 2.24) is 4.98 Å². The van der Waals surface area contributed by atoms with Gasteiger partial charge in [-0.3, -0.25) is 4.98 Å². The number of rotatable bonds is 4. The predicted octanol–water partition coefficient (Wildman–Crippen LogP) is 2.95. The Labute approximate surface area is 100 Å². The van der Waals surface area contributed by atoms with Crippen LogP contribution in [0.5, 0.6) is 0 Å². The van der Waals surface area contributed by atoms with Crippen LogP contribution in [-0.4, -0.2) is 4.98 Å². The first-order valence-electron chi connectivity index (χ1n) is 5.52. The van der Waals surface area contributed by atoms with Gasteiger partial charge in [-0.15, -0.1) is 11.3 Å². The lowest BCUT2D eigenvalue weighted by atomic mass is 9.99. The van der Waals surface area contributed by atoms with Gasteiger partial charge in [-0.1, -0.05) is 13.0 Å². The summed E-state index contributed by atoms with van der Waals surface area (Å²) in [6.45, 7) is 2.14. The molecule has 3 heteroatoms. The Balaban J connectivity index is 2.17. The number of pyridine rings is 1. The number of aryl methyl sites for hydroxylation is 1. The minimum absolute atomic E-state index is 0.0802. The van der Waals surface area contributed by atoms with E-state index in [4.69, 9.17) is 5.73 Å². The number of aromatic nitrogens is 1. The second kappa shape index (κ2) is 5.23. The third-order valence-corrected chi connectivity index (χ3v) is 3.62. The highest BCUT2D eigenvalue weighted by molar-refractivity contribution is 7.09. The van der Waals surface area contributed by atoms with Crippen molar-refractivity contribution >= 4 is 11.3 Å². The molecule has 0 saturated carbocycles. The lowest BCUT2D eigenvalue weighted by molar-refractivity contribution is 0.717. The number of thiophene rings is 1.